The zero-order valence-corrected chi connectivity index (χ0v) is 14.2. The number of esters is 1. The number of rotatable bonds is 4. The van der Waals surface area contributed by atoms with Gasteiger partial charge in [-0.2, -0.15) is 9.97 Å². The summed E-state index contributed by atoms with van der Waals surface area (Å²) in [5, 5.41) is 0.0343. The topological polar surface area (TPSA) is 105 Å². The fourth-order valence-corrected chi connectivity index (χ4v) is 2.83. The van der Waals surface area contributed by atoms with Crippen molar-refractivity contribution >= 4 is 34.6 Å². The second-order valence-corrected chi connectivity index (χ2v) is 5.95. The normalized spacial score (nSPS) is 19.1. The number of carbonyl (C=O) groups excluding carboxylic acids is 1. The van der Waals surface area contributed by atoms with E-state index in [1.165, 1.54) is 0 Å². The van der Waals surface area contributed by atoms with Crippen molar-refractivity contribution < 1.29 is 14.3 Å². The lowest BCUT2D eigenvalue weighted by atomic mass is 10.2. The fraction of sp³-hybridized carbons (Fsp3) is 0.176. The van der Waals surface area contributed by atoms with Gasteiger partial charge in [0.05, 0.1) is 11.9 Å². The number of hydrogen-bond donors (Lipinski definition) is 1. The number of nitrogen functional groups attached to an aromatic ring is 1. The summed E-state index contributed by atoms with van der Waals surface area (Å²) in [6.45, 7) is 0.102. The zero-order valence-electron chi connectivity index (χ0n) is 13.4. The lowest BCUT2D eigenvalue weighted by Gasteiger charge is -2.15. The molecule has 9 heteroatoms. The average Bonchev–Trinajstić information content (AvgIpc) is 3.27. The van der Waals surface area contributed by atoms with Crippen molar-refractivity contribution in [2.24, 2.45) is 0 Å². The van der Waals surface area contributed by atoms with Crippen LogP contribution < -0.4 is 5.73 Å². The van der Waals surface area contributed by atoms with Gasteiger partial charge in [0.2, 0.25) is 5.28 Å². The van der Waals surface area contributed by atoms with Crippen LogP contribution in [-0.2, 0) is 9.47 Å². The van der Waals surface area contributed by atoms with Gasteiger partial charge in [-0.05, 0) is 29.8 Å². The van der Waals surface area contributed by atoms with Crippen LogP contribution in [0.25, 0.3) is 11.2 Å². The van der Waals surface area contributed by atoms with Crippen LogP contribution in [0.2, 0.25) is 5.28 Å². The van der Waals surface area contributed by atoms with Crippen LogP contribution in [0.3, 0.4) is 0 Å². The van der Waals surface area contributed by atoms with Gasteiger partial charge < -0.3 is 15.2 Å². The lowest BCUT2D eigenvalue weighted by molar-refractivity contribution is -0.0194. The SMILES string of the molecule is Nc1nc(Cl)nc2c1ncn2[C@@H]1C=C[C@H](COC(=O)c2ccccc2)O1. The van der Waals surface area contributed by atoms with Crippen molar-refractivity contribution in [1.29, 1.82) is 0 Å². The number of fused-ring (bicyclic) bond motifs is 1. The summed E-state index contributed by atoms with van der Waals surface area (Å²) in [5.74, 6) is -0.194. The Morgan fingerprint density at radius 2 is 2.08 bits per heavy atom. The summed E-state index contributed by atoms with van der Waals surface area (Å²) in [5.41, 5.74) is 7.22. The number of hydrogen-bond acceptors (Lipinski definition) is 7. The molecular weight excluding hydrogens is 358 g/mol. The van der Waals surface area contributed by atoms with E-state index >= 15 is 0 Å². The first kappa shape index (κ1) is 16.5. The Hall–Kier alpha value is -2.97. The van der Waals surface area contributed by atoms with Gasteiger partial charge in [-0.3, -0.25) is 4.57 Å². The monoisotopic (exact) mass is 371 g/mol. The highest BCUT2D eigenvalue weighted by atomic mass is 35.5. The van der Waals surface area contributed by atoms with Gasteiger partial charge in [-0.1, -0.05) is 24.3 Å². The minimum atomic E-state index is -0.453. The van der Waals surface area contributed by atoms with Gasteiger partial charge in [0, 0.05) is 0 Å². The third-order valence-electron chi connectivity index (χ3n) is 3.89. The molecule has 0 aliphatic carbocycles. The van der Waals surface area contributed by atoms with E-state index in [9.17, 15) is 4.79 Å². The van der Waals surface area contributed by atoms with Crippen LogP contribution in [0, 0.1) is 0 Å². The molecule has 1 aromatic carbocycles. The molecule has 2 aromatic heterocycles. The molecule has 0 saturated carbocycles. The van der Waals surface area contributed by atoms with E-state index in [1.807, 2.05) is 18.2 Å². The molecule has 1 aliphatic heterocycles. The van der Waals surface area contributed by atoms with Crippen LogP contribution >= 0.6 is 11.6 Å². The van der Waals surface area contributed by atoms with Gasteiger partial charge in [0.25, 0.3) is 0 Å². The molecule has 0 radical (unpaired) electrons. The van der Waals surface area contributed by atoms with Crippen LogP contribution in [-0.4, -0.2) is 38.2 Å². The van der Waals surface area contributed by atoms with E-state index in [4.69, 9.17) is 26.8 Å². The first-order valence-electron chi connectivity index (χ1n) is 7.83. The van der Waals surface area contributed by atoms with E-state index in [1.54, 1.807) is 35.2 Å². The molecule has 4 rings (SSSR count). The maximum absolute atomic E-state index is 12.0. The summed E-state index contributed by atoms with van der Waals surface area (Å²) in [4.78, 5) is 24.2. The molecule has 0 fully saturated rings. The van der Waals surface area contributed by atoms with Gasteiger partial charge in [-0.25, -0.2) is 9.78 Å². The molecule has 0 unspecified atom stereocenters. The highest BCUT2D eigenvalue weighted by Gasteiger charge is 2.24. The van der Waals surface area contributed by atoms with Gasteiger partial charge in [0.1, 0.15) is 18.2 Å². The Morgan fingerprint density at radius 1 is 1.27 bits per heavy atom. The Kier molecular flexibility index (Phi) is 4.27. The lowest BCUT2D eigenvalue weighted by Crippen LogP contribution is -2.20. The molecule has 0 spiro atoms. The standard InChI is InChI=1S/C17H14ClN5O3/c18-17-21-14(19)13-15(22-17)23(9-20-13)12-7-6-11(26-12)8-25-16(24)10-4-2-1-3-5-10/h1-7,9,11-12H,8H2,(H2,19,21,22)/t11-,12+/m1/s1. The number of aromatic nitrogens is 4. The fourth-order valence-electron chi connectivity index (χ4n) is 2.65. The van der Waals surface area contributed by atoms with Crippen molar-refractivity contribution in [3.05, 3.63) is 59.7 Å². The minimum Gasteiger partial charge on any atom is -0.459 e. The van der Waals surface area contributed by atoms with E-state index in [0.29, 0.717) is 16.7 Å². The number of halogens is 1. The maximum atomic E-state index is 12.0. The van der Waals surface area contributed by atoms with E-state index in [-0.39, 0.29) is 23.8 Å². The van der Waals surface area contributed by atoms with E-state index in [0.717, 1.165) is 0 Å². The summed E-state index contributed by atoms with van der Waals surface area (Å²) >= 11 is 5.87. The summed E-state index contributed by atoms with van der Waals surface area (Å²) < 4.78 is 12.9. The average molecular weight is 372 g/mol. The van der Waals surface area contributed by atoms with Crippen LogP contribution in [0.5, 0.6) is 0 Å². The summed E-state index contributed by atoms with van der Waals surface area (Å²) in [6, 6.07) is 8.79. The van der Waals surface area contributed by atoms with Gasteiger partial charge in [-0.15, -0.1) is 0 Å². The van der Waals surface area contributed by atoms with Crippen molar-refractivity contribution in [1.82, 2.24) is 19.5 Å². The number of anilines is 1. The molecule has 0 bridgehead atoms. The quantitative estimate of drug-likeness (QED) is 0.426. The number of imidazole rings is 1. The molecule has 132 valence electrons. The predicted octanol–water partition coefficient (Wildman–Crippen LogP) is 2.37. The highest BCUT2D eigenvalue weighted by molar-refractivity contribution is 6.28. The van der Waals surface area contributed by atoms with Gasteiger partial charge >= 0.3 is 5.97 Å². The molecule has 2 N–H and O–H groups in total. The number of nitrogens with two attached hydrogens (primary N) is 1. The Balaban J connectivity index is 1.43. The molecule has 26 heavy (non-hydrogen) atoms. The number of ether oxygens (including phenoxy) is 2. The van der Waals surface area contributed by atoms with Crippen LogP contribution in [0.1, 0.15) is 16.6 Å². The Labute approximate surface area is 153 Å². The zero-order chi connectivity index (χ0) is 18.1. The second-order valence-electron chi connectivity index (χ2n) is 5.62. The van der Waals surface area contributed by atoms with Crippen molar-refractivity contribution in [3.63, 3.8) is 0 Å². The molecule has 0 amide bonds. The van der Waals surface area contributed by atoms with Crippen LogP contribution in [0.4, 0.5) is 5.82 Å². The Morgan fingerprint density at radius 3 is 2.88 bits per heavy atom. The van der Waals surface area contributed by atoms with E-state index < -0.39 is 12.2 Å². The second kappa shape index (κ2) is 6.74. The molecule has 3 heterocycles. The third kappa shape index (κ3) is 3.12. The molecule has 8 nitrogen and oxygen atoms in total. The summed E-state index contributed by atoms with van der Waals surface area (Å²) in [7, 11) is 0. The molecule has 1 aliphatic rings. The van der Waals surface area contributed by atoms with Gasteiger partial charge in [0.15, 0.2) is 17.7 Å². The predicted molar refractivity (Wildman–Crippen MR) is 94.5 cm³/mol. The first-order chi connectivity index (χ1) is 12.6. The largest absolute Gasteiger partial charge is 0.459 e. The Bertz CT molecular complexity index is 989. The van der Waals surface area contributed by atoms with Crippen molar-refractivity contribution in [2.75, 3.05) is 12.3 Å². The van der Waals surface area contributed by atoms with Crippen molar-refractivity contribution in [3.8, 4) is 0 Å². The maximum Gasteiger partial charge on any atom is 0.338 e. The highest BCUT2D eigenvalue weighted by Crippen LogP contribution is 2.27. The number of benzene rings is 1. The smallest absolute Gasteiger partial charge is 0.338 e. The molecular formula is C17H14ClN5O3. The molecule has 0 saturated heterocycles. The number of nitrogens with zero attached hydrogens (tertiary/aromatic N) is 4. The van der Waals surface area contributed by atoms with Crippen LogP contribution in [0.15, 0.2) is 48.8 Å². The van der Waals surface area contributed by atoms with E-state index in [2.05, 4.69) is 15.0 Å². The summed E-state index contributed by atoms with van der Waals surface area (Å²) in [6.07, 6.45) is 4.37. The first-order valence-corrected chi connectivity index (χ1v) is 8.21. The molecule has 2 atom stereocenters. The third-order valence-corrected chi connectivity index (χ3v) is 4.06. The number of carbonyl (C=O) groups is 1. The molecule has 3 aromatic rings. The van der Waals surface area contributed by atoms with Crippen molar-refractivity contribution in [2.45, 2.75) is 12.3 Å². The minimum absolute atomic E-state index is 0.0343.